The summed E-state index contributed by atoms with van der Waals surface area (Å²) >= 11 is 0. The van der Waals surface area contributed by atoms with E-state index in [2.05, 4.69) is 65.3 Å². The van der Waals surface area contributed by atoms with Crippen LogP contribution < -0.4 is 10.6 Å². The van der Waals surface area contributed by atoms with Crippen molar-refractivity contribution in [3.8, 4) is 0 Å². The first-order valence-corrected chi connectivity index (χ1v) is 13.8. The van der Waals surface area contributed by atoms with Crippen molar-refractivity contribution in [1.82, 2.24) is 0 Å². The third-order valence-corrected chi connectivity index (χ3v) is 6.82. The van der Waals surface area contributed by atoms with Gasteiger partial charge in [-0.3, -0.25) is 0 Å². The normalized spacial score (nSPS) is 12.7. The molecule has 0 aromatic carbocycles. The highest BCUT2D eigenvalue weighted by Crippen LogP contribution is 2.13. The van der Waals surface area contributed by atoms with Crippen molar-refractivity contribution in [2.75, 3.05) is 0 Å². The van der Waals surface area contributed by atoms with Gasteiger partial charge >= 0.3 is 0 Å². The fourth-order valence-corrected chi connectivity index (χ4v) is 4.59. The van der Waals surface area contributed by atoms with Crippen molar-refractivity contribution in [3.63, 3.8) is 0 Å². The van der Waals surface area contributed by atoms with E-state index in [0.29, 0.717) is 0 Å². The van der Waals surface area contributed by atoms with E-state index in [1.807, 2.05) is 0 Å². The molecule has 102 valence electrons. The summed E-state index contributed by atoms with van der Waals surface area (Å²) in [5.74, 6) is 1.22. The first-order valence-electron chi connectivity index (χ1n) is 6.79. The van der Waals surface area contributed by atoms with E-state index in [4.69, 9.17) is 4.42 Å². The topological polar surface area (TPSA) is 13.1 Å². The molecule has 0 fully saturated rings. The highest BCUT2D eigenvalue weighted by molar-refractivity contribution is 6.91. The van der Waals surface area contributed by atoms with E-state index < -0.39 is 16.1 Å². The first kappa shape index (κ1) is 15.5. The standard InChI is InChI=1S/C15H28OSi2/c1-12(2)9-10-13-14(17(3,4)5)11-15(16-13)18(6,7)8/h9,11H,10H2,1-8H3. The predicted octanol–water partition coefficient (Wildman–Crippen LogP) is 3.88. The average Bonchev–Trinajstić information content (AvgIpc) is 2.56. The monoisotopic (exact) mass is 280 g/mol. The Hall–Kier alpha value is -0.546. The van der Waals surface area contributed by atoms with Gasteiger partial charge in [0.1, 0.15) is 13.8 Å². The quantitative estimate of drug-likeness (QED) is 0.602. The number of allylic oxidation sites excluding steroid dienone is 2. The zero-order chi connectivity index (χ0) is 14.1. The Morgan fingerprint density at radius 3 is 2.00 bits per heavy atom. The van der Waals surface area contributed by atoms with Crippen LogP contribution in [0.1, 0.15) is 19.6 Å². The van der Waals surface area contributed by atoms with Crippen molar-refractivity contribution in [2.24, 2.45) is 0 Å². The molecule has 1 aromatic heterocycles. The molecule has 0 radical (unpaired) electrons. The summed E-state index contributed by atoms with van der Waals surface area (Å²) in [6.07, 6.45) is 3.23. The maximum absolute atomic E-state index is 6.21. The Bertz CT molecular complexity index is 438. The number of furan rings is 1. The maximum atomic E-state index is 6.21. The molecule has 0 unspecified atom stereocenters. The molecule has 0 saturated heterocycles. The molecule has 0 aliphatic heterocycles. The average molecular weight is 281 g/mol. The Morgan fingerprint density at radius 1 is 1.06 bits per heavy atom. The molecule has 1 aromatic rings. The van der Waals surface area contributed by atoms with Crippen LogP contribution in [0.25, 0.3) is 0 Å². The van der Waals surface area contributed by atoms with Gasteiger partial charge in [0.2, 0.25) is 0 Å². The lowest BCUT2D eigenvalue weighted by atomic mass is 10.2. The number of hydrogen-bond donors (Lipinski definition) is 0. The molecule has 1 nitrogen and oxygen atoms in total. The Labute approximate surface area is 114 Å². The van der Waals surface area contributed by atoms with Crippen molar-refractivity contribution in [3.05, 3.63) is 23.5 Å². The highest BCUT2D eigenvalue weighted by atomic mass is 28.3. The fraction of sp³-hybridized carbons (Fsp3) is 0.600. The summed E-state index contributed by atoms with van der Waals surface area (Å²) in [6, 6.07) is 2.37. The summed E-state index contributed by atoms with van der Waals surface area (Å²) < 4.78 is 6.21. The van der Waals surface area contributed by atoms with Gasteiger partial charge in [0, 0.05) is 6.42 Å². The third kappa shape index (κ3) is 3.99. The van der Waals surface area contributed by atoms with E-state index >= 15 is 0 Å². The molecule has 0 aliphatic carbocycles. The predicted molar refractivity (Wildman–Crippen MR) is 87.8 cm³/mol. The molecule has 0 N–H and O–H groups in total. The lowest BCUT2D eigenvalue weighted by Gasteiger charge is -2.15. The molecular weight excluding hydrogens is 252 g/mol. The van der Waals surface area contributed by atoms with Crippen LogP contribution in [0.15, 0.2) is 22.1 Å². The van der Waals surface area contributed by atoms with Crippen LogP contribution in [-0.2, 0) is 6.42 Å². The molecule has 0 spiro atoms. The molecule has 0 amide bonds. The minimum absolute atomic E-state index is 0.951. The zero-order valence-corrected chi connectivity index (χ0v) is 15.3. The van der Waals surface area contributed by atoms with Gasteiger partial charge in [-0.2, -0.15) is 0 Å². The van der Waals surface area contributed by atoms with Crippen LogP contribution in [-0.4, -0.2) is 16.1 Å². The summed E-state index contributed by atoms with van der Waals surface area (Å²) in [5, 5.41) is 2.77. The zero-order valence-electron chi connectivity index (χ0n) is 13.3. The third-order valence-electron chi connectivity index (χ3n) is 3.05. The van der Waals surface area contributed by atoms with Gasteiger partial charge in [0.25, 0.3) is 0 Å². The van der Waals surface area contributed by atoms with Gasteiger partial charge < -0.3 is 4.42 Å². The van der Waals surface area contributed by atoms with Gasteiger partial charge in [0.15, 0.2) is 0 Å². The second-order valence-corrected chi connectivity index (χ2v) is 17.5. The summed E-state index contributed by atoms with van der Waals surface area (Å²) in [7, 11) is -2.65. The minimum atomic E-state index is -1.34. The fourth-order valence-electron chi connectivity index (χ4n) is 1.88. The van der Waals surface area contributed by atoms with Gasteiger partial charge in [0.05, 0.1) is 13.5 Å². The number of hydrogen-bond acceptors (Lipinski definition) is 1. The lowest BCUT2D eigenvalue weighted by molar-refractivity contribution is 0.552. The van der Waals surface area contributed by atoms with Crippen LogP contribution in [0.3, 0.4) is 0 Å². The Balaban J connectivity index is 3.22. The maximum Gasteiger partial charge on any atom is 0.123 e. The van der Waals surface area contributed by atoms with Gasteiger partial charge in [-0.05, 0) is 25.1 Å². The van der Waals surface area contributed by atoms with Crippen molar-refractivity contribution < 1.29 is 4.42 Å². The van der Waals surface area contributed by atoms with Gasteiger partial charge in [-0.1, -0.05) is 50.9 Å². The van der Waals surface area contributed by atoms with Crippen LogP contribution in [0.4, 0.5) is 0 Å². The van der Waals surface area contributed by atoms with Crippen molar-refractivity contribution in [2.45, 2.75) is 59.6 Å². The molecule has 0 aliphatic rings. The summed E-state index contributed by atoms with van der Waals surface area (Å²) in [4.78, 5) is 0. The molecule has 18 heavy (non-hydrogen) atoms. The molecule has 3 heteroatoms. The Morgan fingerprint density at radius 2 is 1.61 bits per heavy atom. The second-order valence-electron chi connectivity index (χ2n) is 7.43. The SMILES string of the molecule is CC(C)=CCc1oc([Si](C)(C)C)cc1[Si](C)(C)C. The number of rotatable bonds is 4. The molecule has 1 rings (SSSR count). The molecule has 0 bridgehead atoms. The highest BCUT2D eigenvalue weighted by Gasteiger charge is 2.28. The van der Waals surface area contributed by atoms with E-state index in [-0.39, 0.29) is 0 Å². The summed E-state index contributed by atoms with van der Waals surface area (Å²) in [5.41, 5.74) is 1.36. The van der Waals surface area contributed by atoms with Crippen LogP contribution in [0.2, 0.25) is 39.3 Å². The van der Waals surface area contributed by atoms with E-state index in [1.54, 1.807) is 0 Å². The lowest BCUT2D eigenvalue weighted by Crippen LogP contribution is -2.41. The molecular formula is C15H28OSi2. The summed E-state index contributed by atoms with van der Waals surface area (Å²) in [6.45, 7) is 18.6. The van der Waals surface area contributed by atoms with Gasteiger partial charge in [-0.15, -0.1) is 0 Å². The van der Waals surface area contributed by atoms with E-state index in [1.165, 1.54) is 21.9 Å². The van der Waals surface area contributed by atoms with Gasteiger partial charge in [-0.25, -0.2) is 0 Å². The van der Waals surface area contributed by atoms with E-state index in [0.717, 1.165) is 6.42 Å². The van der Waals surface area contributed by atoms with E-state index in [9.17, 15) is 0 Å². The van der Waals surface area contributed by atoms with Crippen LogP contribution in [0, 0.1) is 0 Å². The van der Waals surface area contributed by atoms with Crippen molar-refractivity contribution >= 4 is 26.7 Å². The van der Waals surface area contributed by atoms with Crippen molar-refractivity contribution in [1.29, 1.82) is 0 Å². The molecule has 0 atom stereocenters. The van der Waals surface area contributed by atoms with Crippen LogP contribution in [0.5, 0.6) is 0 Å². The first-order chi connectivity index (χ1) is 8.01. The molecule has 1 heterocycles. The minimum Gasteiger partial charge on any atom is -0.471 e. The Kier molecular flexibility index (Phi) is 4.49. The molecule has 0 saturated carbocycles. The second kappa shape index (κ2) is 5.21. The largest absolute Gasteiger partial charge is 0.471 e. The smallest absolute Gasteiger partial charge is 0.123 e. The van der Waals surface area contributed by atoms with Crippen LogP contribution >= 0.6 is 0 Å².